The van der Waals surface area contributed by atoms with E-state index in [1.54, 1.807) is 4.68 Å². The number of H-pyrrole nitrogens is 1. The van der Waals surface area contributed by atoms with Crippen LogP contribution in [0.1, 0.15) is 43.9 Å². The van der Waals surface area contributed by atoms with Crippen molar-refractivity contribution in [1.29, 1.82) is 0 Å². The summed E-state index contributed by atoms with van der Waals surface area (Å²) in [5.41, 5.74) is 4.22. The maximum atomic E-state index is 12.5. The van der Waals surface area contributed by atoms with Crippen LogP contribution in [-0.4, -0.2) is 49.7 Å². The Bertz CT molecular complexity index is 1400. The number of carbonyl (C=O) groups is 2. The van der Waals surface area contributed by atoms with Crippen molar-refractivity contribution in [1.82, 2.24) is 25.3 Å². The quantitative estimate of drug-likeness (QED) is 0.232. The van der Waals surface area contributed by atoms with Gasteiger partial charge in [-0.25, -0.2) is 9.48 Å². The molecular formula is C28H31N5O4. The molecule has 2 aromatic heterocycles. The summed E-state index contributed by atoms with van der Waals surface area (Å²) in [5.74, 6) is -0.392. The monoisotopic (exact) mass is 501 g/mol. The van der Waals surface area contributed by atoms with E-state index >= 15 is 0 Å². The highest BCUT2D eigenvalue weighted by molar-refractivity contribution is 5.91. The third kappa shape index (κ3) is 4.71. The van der Waals surface area contributed by atoms with Crippen molar-refractivity contribution in [2.75, 3.05) is 0 Å². The lowest BCUT2D eigenvalue weighted by molar-refractivity contribution is -0.140. The molecule has 4 heterocycles. The molecule has 0 spiro atoms. The molecule has 2 N–H and O–H groups in total. The van der Waals surface area contributed by atoms with Gasteiger partial charge in [-0.15, -0.1) is 5.10 Å². The summed E-state index contributed by atoms with van der Waals surface area (Å²) in [6.07, 6.45) is 9.39. The highest BCUT2D eigenvalue weighted by Crippen LogP contribution is 2.49. The molecule has 2 fully saturated rings. The van der Waals surface area contributed by atoms with Gasteiger partial charge in [0.25, 0.3) is 0 Å². The summed E-state index contributed by atoms with van der Waals surface area (Å²) in [7, 11) is 0. The number of epoxide rings is 1. The zero-order chi connectivity index (χ0) is 25.6. The molecule has 0 saturated carbocycles. The van der Waals surface area contributed by atoms with Crippen LogP contribution in [0, 0.1) is 5.92 Å². The smallest absolute Gasteiger partial charge is 0.334 e. The third-order valence-electron chi connectivity index (χ3n) is 7.88. The van der Waals surface area contributed by atoms with E-state index < -0.39 is 0 Å². The van der Waals surface area contributed by atoms with Gasteiger partial charge in [-0.05, 0) is 44.2 Å². The number of rotatable bonds is 6. The Morgan fingerprint density at radius 2 is 2.22 bits per heavy atom. The van der Waals surface area contributed by atoms with Gasteiger partial charge >= 0.3 is 5.97 Å². The van der Waals surface area contributed by atoms with Gasteiger partial charge in [0.05, 0.1) is 31.3 Å². The van der Waals surface area contributed by atoms with Crippen molar-refractivity contribution in [3.8, 4) is 0 Å². The van der Waals surface area contributed by atoms with Crippen LogP contribution >= 0.6 is 0 Å². The number of benzene rings is 1. The predicted molar refractivity (Wildman–Crippen MR) is 136 cm³/mol. The average molecular weight is 502 g/mol. The van der Waals surface area contributed by atoms with Crippen LogP contribution in [0.25, 0.3) is 10.9 Å². The van der Waals surface area contributed by atoms with Gasteiger partial charge in [-0.1, -0.05) is 41.6 Å². The van der Waals surface area contributed by atoms with E-state index in [1.807, 2.05) is 36.7 Å². The van der Waals surface area contributed by atoms with Crippen LogP contribution in [0.3, 0.4) is 0 Å². The minimum absolute atomic E-state index is 0.0282. The van der Waals surface area contributed by atoms with E-state index in [1.165, 1.54) is 5.57 Å². The van der Waals surface area contributed by atoms with Crippen molar-refractivity contribution in [3.05, 3.63) is 71.7 Å². The van der Waals surface area contributed by atoms with E-state index in [2.05, 4.69) is 40.2 Å². The molecule has 1 aromatic carbocycles. The molecular weight excluding hydrogens is 470 g/mol. The summed E-state index contributed by atoms with van der Waals surface area (Å²) >= 11 is 0. The summed E-state index contributed by atoms with van der Waals surface area (Å²) in [6, 6.07) is 7.95. The van der Waals surface area contributed by atoms with Crippen molar-refractivity contribution < 1.29 is 19.1 Å². The van der Waals surface area contributed by atoms with Crippen molar-refractivity contribution in [2.24, 2.45) is 5.92 Å². The number of carbonyl (C=O) groups excluding carboxylic acids is 2. The number of allylic oxidation sites excluding steroid dienone is 2. The lowest BCUT2D eigenvalue weighted by Crippen LogP contribution is -2.29. The average Bonchev–Trinajstić information content (AvgIpc) is 3.19. The molecule has 0 unspecified atom stereocenters. The molecule has 9 nitrogen and oxygen atoms in total. The van der Waals surface area contributed by atoms with Crippen LogP contribution in [0.15, 0.2) is 60.5 Å². The molecule has 0 bridgehead atoms. The number of amides is 1. The number of nitrogens with zero attached hydrogens (tertiary/aromatic N) is 3. The Labute approximate surface area is 214 Å². The molecule has 2 saturated heterocycles. The number of aromatic nitrogens is 4. The first-order chi connectivity index (χ1) is 17.9. The zero-order valence-corrected chi connectivity index (χ0v) is 20.9. The van der Waals surface area contributed by atoms with E-state index in [9.17, 15) is 9.59 Å². The second-order valence-corrected chi connectivity index (χ2v) is 10.5. The number of ether oxygens (including phenoxy) is 2. The summed E-state index contributed by atoms with van der Waals surface area (Å²) in [5, 5.41) is 12.5. The molecule has 3 aliphatic rings. The first kappa shape index (κ1) is 23.7. The van der Waals surface area contributed by atoms with Crippen LogP contribution in [-0.2, 0) is 38.6 Å². The highest BCUT2D eigenvalue weighted by atomic mass is 16.6. The Balaban J connectivity index is 1.06. The number of nitrogens with one attached hydrogen (secondary N) is 2. The second kappa shape index (κ2) is 9.30. The molecule has 1 aliphatic carbocycles. The molecule has 6 rings (SSSR count). The van der Waals surface area contributed by atoms with Crippen molar-refractivity contribution >= 4 is 22.8 Å². The minimum Gasteiger partial charge on any atom is -0.455 e. The van der Waals surface area contributed by atoms with Gasteiger partial charge in [0, 0.05) is 28.6 Å². The molecule has 192 valence electrons. The molecule has 4 atom stereocenters. The lowest BCUT2D eigenvalue weighted by Gasteiger charge is -2.20. The summed E-state index contributed by atoms with van der Waals surface area (Å²) in [4.78, 5) is 27.9. The molecule has 2 aliphatic heterocycles. The van der Waals surface area contributed by atoms with Crippen LogP contribution in [0.2, 0.25) is 0 Å². The number of aromatic amines is 1. The summed E-state index contributed by atoms with van der Waals surface area (Å²) < 4.78 is 13.4. The fourth-order valence-corrected chi connectivity index (χ4v) is 5.67. The fourth-order valence-electron chi connectivity index (χ4n) is 5.67. The van der Waals surface area contributed by atoms with E-state index in [0.717, 1.165) is 42.1 Å². The molecule has 1 amide bonds. The van der Waals surface area contributed by atoms with Crippen molar-refractivity contribution in [3.63, 3.8) is 0 Å². The van der Waals surface area contributed by atoms with Gasteiger partial charge in [-0.3, -0.25) is 4.79 Å². The van der Waals surface area contributed by atoms with Gasteiger partial charge < -0.3 is 19.8 Å². The first-order valence-corrected chi connectivity index (χ1v) is 12.9. The number of fused-ring (bicyclic) bond motifs is 4. The zero-order valence-electron chi connectivity index (χ0n) is 20.9. The van der Waals surface area contributed by atoms with Gasteiger partial charge in [-0.2, -0.15) is 0 Å². The Kier molecular flexibility index (Phi) is 5.95. The highest BCUT2D eigenvalue weighted by Gasteiger charge is 2.61. The Morgan fingerprint density at radius 3 is 3.11 bits per heavy atom. The largest absolute Gasteiger partial charge is 0.455 e. The number of hydrogen-bond donors (Lipinski definition) is 2. The summed E-state index contributed by atoms with van der Waals surface area (Å²) in [6.45, 7) is 7.01. The fraction of sp³-hybridized carbons (Fsp3) is 0.429. The molecule has 3 aromatic rings. The third-order valence-corrected chi connectivity index (χ3v) is 7.88. The van der Waals surface area contributed by atoms with Crippen molar-refractivity contribution in [2.45, 2.75) is 69.9 Å². The topological polar surface area (TPSA) is 114 Å². The Morgan fingerprint density at radius 1 is 1.35 bits per heavy atom. The van der Waals surface area contributed by atoms with Gasteiger partial charge in [0.2, 0.25) is 5.91 Å². The van der Waals surface area contributed by atoms with Crippen LogP contribution in [0.5, 0.6) is 0 Å². The SMILES string of the molecule is C=C1C(=O)O[C@H]2[C@H]1CC/C(Cn1cc(CNC(=O)Cc3c[nH]c4ccccc34)nn1)=C\CC[C@@]1(C)O[C@@H]21. The van der Waals surface area contributed by atoms with E-state index in [-0.39, 0.29) is 35.6 Å². The number of hydrogen-bond acceptors (Lipinski definition) is 6. The first-order valence-electron chi connectivity index (χ1n) is 12.9. The molecule has 9 heteroatoms. The molecule has 37 heavy (non-hydrogen) atoms. The van der Waals surface area contributed by atoms with Gasteiger partial charge in [0.1, 0.15) is 17.9 Å². The van der Waals surface area contributed by atoms with Crippen LogP contribution < -0.4 is 5.32 Å². The van der Waals surface area contributed by atoms with E-state index in [0.29, 0.717) is 30.8 Å². The normalized spacial score (nSPS) is 28.7. The predicted octanol–water partition coefficient (Wildman–Crippen LogP) is 3.37. The lowest BCUT2D eigenvalue weighted by atomic mass is 9.84. The maximum Gasteiger partial charge on any atom is 0.334 e. The van der Waals surface area contributed by atoms with Crippen LogP contribution in [0.4, 0.5) is 0 Å². The maximum absolute atomic E-state index is 12.5. The van der Waals surface area contributed by atoms with Gasteiger partial charge in [0.15, 0.2) is 0 Å². The van der Waals surface area contributed by atoms with E-state index in [4.69, 9.17) is 9.47 Å². The standard InChI is InChI=1S/C28H31N5O4/c1-17-21-10-9-18(6-5-11-28(2)26(37-28)25(21)36-27(17)35)15-33-16-20(31-32-33)14-30-24(34)12-19-13-29-23-8-4-3-7-22(19)23/h3-4,6-8,13,16,21,25-26,29H,1,5,9-12,14-15H2,2H3,(H,30,34)/b18-6+/t21-,25-,26-,28+/m0/s1. The molecule has 0 radical (unpaired) electrons. The number of para-hydroxylation sites is 1. The second-order valence-electron chi connectivity index (χ2n) is 10.5. The number of esters is 1. The Hall–Kier alpha value is -3.72. The minimum atomic E-state index is -0.301.